The highest BCUT2D eigenvalue weighted by atomic mass is 35.5. The first-order chi connectivity index (χ1) is 11.5. The zero-order chi connectivity index (χ0) is 17.1. The largest absolute Gasteiger partial charge is 0.331 e. The van der Waals surface area contributed by atoms with Gasteiger partial charge >= 0.3 is 0 Å². The number of halogens is 2. The van der Waals surface area contributed by atoms with E-state index >= 15 is 0 Å². The molecule has 0 radical (unpaired) electrons. The maximum atomic E-state index is 12.0. The number of benzene rings is 2. The summed E-state index contributed by atoms with van der Waals surface area (Å²) in [6, 6.07) is 12.8. The molecule has 0 spiro atoms. The van der Waals surface area contributed by atoms with Gasteiger partial charge in [0.15, 0.2) is 0 Å². The van der Waals surface area contributed by atoms with Gasteiger partial charge in [0.1, 0.15) is 5.82 Å². The Labute approximate surface area is 148 Å². The third kappa shape index (κ3) is 3.58. The molecule has 1 N–H and O–H groups in total. The van der Waals surface area contributed by atoms with E-state index in [0.717, 1.165) is 11.0 Å². The lowest BCUT2D eigenvalue weighted by atomic mass is 10.2. The molecule has 0 saturated heterocycles. The fraction of sp³-hybridized carbons (Fsp3) is 0.118. The van der Waals surface area contributed by atoms with Crippen molar-refractivity contribution in [3.63, 3.8) is 0 Å². The topological polar surface area (TPSA) is 59.3 Å². The number of nitrogens with zero attached hydrogens (tertiary/aromatic N) is 3. The molecular weight excluding hydrogens is 347 g/mol. The van der Waals surface area contributed by atoms with Crippen LogP contribution in [-0.2, 0) is 18.3 Å². The normalized spacial score (nSPS) is 11.3. The highest BCUT2D eigenvalue weighted by Crippen LogP contribution is 2.19. The van der Waals surface area contributed by atoms with Gasteiger partial charge in [0.25, 0.3) is 0 Å². The van der Waals surface area contributed by atoms with Crippen LogP contribution >= 0.6 is 23.2 Å². The Kier molecular flexibility index (Phi) is 4.83. The SMILES string of the molecule is Cn1c(CC(=O)N/N=C/c2ccc(Cl)cc2Cl)nc2ccccc21. The lowest BCUT2D eigenvalue weighted by Crippen LogP contribution is -2.21. The summed E-state index contributed by atoms with van der Waals surface area (Å²) in [6.07, 6.45) is 1.61. The Bertz CT molecular complexity index is 933. The van der Waals surface area contributed by atoms with Gasteiger partial charge in [-0.25, -0.2) is 10.4 Å². The summed E-state index contributed by atoms with van der Waals surface area (Å²) in [7, 11) is 1.88. The van der Waals surface area contributed by atoms with E-state index in [1.54, 1.807) is 18.2 Å². The Morgan fingerprint density at radius 2 is 2.08 bits per heavy atom. The second-order valence-electron chi connectivity index (χ2n) is 5.21. The monoisotopic (exact) mass is 360 g/mol. The fourth-order valence-corrected chi connectivity index (χ4v) is 2.77. The van der Waals surface area contributed by atoms with Gasteiger partial charge in [0, 0.05) is 17.6 Å². The first-order valence-corrected chi connectivity index (χ1v) is 7.97. The van der Waals surface area contributed by atoms with Crippen molar-refractivity contribution in [3.8, 4) is 0 Å². The molecule has 2 aromatic carbocycles. The number of nitrogens with one attached hydrogen (secondary N) is 1. The highest BCUT2D eigenvalue weighted by molar-refractivity contribution is 6.36. The van der Waals surface area contributed by atoms with Crippen molar-refractivity contribution in [3.05, 3.63) is 63.9 Å². The first kappa shape index (κ1) is 16.5. The quantitative estimate of drug-likeness (QED) is 0.571. The molecule has 5 nitrogen and oxygen atoms in total. The van der Waals surface area contributed by atoms with Crippen LogP contribution in [0, 0.1) is 0 Å². The molecule has 0 atom stereocenters. The van der Waals surface area contributed by atoms with Gasteiger partial charge < -0.3 is 4.57 Å². The number of amides is 1. The average molecular weight is 361 g/mol. The fourth-order valence-electron chi connectivity index (χ4n) is 2.32. The lowest BCUT2D eigenvalue weighted by molar-refractivity contribution is -0.120. The van der Waals surface area contributed by atoms with Crippen molar-refractivity contribution < 1.29 is 4.79 Å². The Hall–Kier alpha value is -2.37. The van der Waals surface area contributed by atoms with Crippen LogP contribution in [0.5, 0.6) is 0 Å². The number of rotatable bonds is 4. The number of fused-ring (bicyclic) bond motifs is 1. The van der Waals surface area contributed by atoms with Crippen LogP contribution in [-0.4, -0.2) is 21.7 Å². The maximum Gasteiger partial charge on any atom is 0.247 e. The number of imidazole rings is 1. The summed E-state index contributed by atoms with van der Waals surface area (Å²) in [6.45, 7) is 0. The molecule has 1 aromatic heterocycles. The number of aromatic nitrogens is 2. The lowest BCUT2D eigenvalue weighted by Gasteiger charge is -2.02. The Morgan fingerprint density at radius 1 is 1.29 bits per heavy atom. The third-order valence-electron chi connectivity index (χ3n) is 3.55. The summed E-state index contributed by atoms with van der Waals surface area (Å²) in [5.41, 5.74) is 4.99. The summed E-state index contributed by atoms with van der Waals surface area (Å²) in [5, 5.41) is 4.94. The van der Waals surface area contributed by atoms with Crippen LogP contribution in [0.2, 0.25) is 10.0 Å². The van der Waals surface area contributed by atoms with Crippen molar-refractivity contribution >= 4 is 46.4 Å². The zero-order valence-corrected chi connectivity index (χ0v) is 14.3. The number of carbonyl (C=O) groups is 1. The van der Waals surface area contributed by atoms with Gasteiger partial charge in [-0.2, -0.15) is 5.10 Å². The predicted octanol–water partition coefficient (Wildman–Crippen LogP) is 3.57. The van der Waals surface area contributed by atoms with Crippen molar-refractivity contribution in [2.75, 3.05) is 0 Å². The standard InChI is InChI=1S/C17H14Cl2N4O/c1-23-15-5-3-2-4-14(15)21-16(23)9-17(24)22-20-10-11-6-7-12(18)8-13(11)19/h2-8,10H,9H2,1H3,(H,22,24)/b20-10+. The molecule has 1 heterocycles. The molecule has 24 heavy (non-hydrogen) atoms. The highest BCUT2D eigenvalue weighted by Gasteiger charge is 2.11. The van der Waals surface area contributed by atoms with Crippen molar-refractivity contribution in [2.45, 2.75) is 6.42 Å². The Balaban J connectivity index is 1.66. The summed E-state index contributed by atoms with van der Waals surface area (Å²) < 4.78 is 1.90. The van der Waals surface area contributed by atoms with E-state index in [1.165, 1.54) is 6.21 Å². The van der Waals surface area contributed by atoms with E-state index in [0.29, 0.717) is 21.4 Å². The molecule has 0 saturated carbocycles. The minimum absolute atomic E-state index is 0.136. The van der Waals surface area contributed by atoms with Gasteiger partial charge in [0.05, 0.1) is 28.7 Å². The van der Waals surface area contributed by atoms with Crippen molar-refractivity contribution in [1.82, 2.24) is 15.0 Å². The van der Waals surface area contributed by atoms with Crippen LogP contribution < -0.4 is 5.43 Å². The van der Waals surface area contributed by atoms with E-state index < -0.39 is 0 Å². The molecule has 7 heteroatoms. The van der Waals surface area contributed by atoms with E-state index in [-0.39, 0.29) is 12.3 Å². The van der Waals surface area contributed by atoms with Gasteiger partial charge in [-0.05, 0) is 24.3 Å². The number of carbonyl (C=O) groups excluding carboxylic acids is 1. The van der Waals surface area contributed by atoms with Crippen LogP contribution in [0.1, 0.15) is 11.4 Å². The molecule has 0 aliphatic rings. The second kappa shape index (κ2) is 7.03. The number of para-hydroxylation sites is 2. The number of hydrogen-bond donors (Lipinski definition) is 1. The number of hydrazone groups is 1. The van der Waals surface area contributed by atoms with Crippen LogP contribution in [0.15, 0.2) is 47.6 Å². The molecule has 0 bridgehead atoms. The minimum atomic E-state index is -0.255. The van der Waals surface area contributed by atoms with Crippen LogP contribution in [0.25, 0.3) is 11.0 Å². The van der Waals surface area contributed by atoms with E-state index in [4.69, 9.17) is 23.2 Å². The molecule has 0 aliphatic heterocycles. The molecule has 3 rings (SSSR count). The van der Waals surface area contributed by atoms with E-state index in [1.807, 2.05) is 35.9 Å². The molecule has 0 fully saturated rings. The summed E-state index contributed by atoms with van der Waals surface area (Å²) in [5.74, 6) is 0.420. The van der Waals surface area contributed by atoms with Crippen molar-refractivity contribution in [1.29, 1.82) is 0 Å². The molecule has 0 unspecified atom stereocenters. The first-order valence-electron chi connectivity index (χ1n) is 7.22. The maximum absolute atomic E-state index is 12.0. The van der Waals surface area contributed by atoms with Gasteiger partial charge in [-0.15, -0.1) is 0 Å². The van der Waals surface area contributed by atoms with Gasteiger partial charge in [0.2, 0.25) is 5.91 Å². The molecular formula is C17H14Cl2N4O. The predicted molar refractivity (Wildman–Crippen MR) is 96.6 cm³/mol. The zero-order valence-electron chi connectivity index (χ0n) is 12.8. The number of aryl methyl sites for hydroxylation is 1. The molecule has 1 amide bonds. The van der Waals surface area contributed by atoms with E-state index in [9.17, 15) is 4.79 Å². The van der Waals surface area contributed by atoms with Gasteiger partial charge in [-0.3, -0.25) is 4.79 Å². The average Bonchev–Trinajstić information content (AvgIpc) is 2.86. The summed E-state index contributed by atoms with van der Waals surface area (Å²) in [4.78, 5) is 16.5. The third-order valence-corrected chi connectivity index (χ3v) is 4.12. The molecule has 122 valence electrons. The van der Waals surface area contributed by atoms with Gasteiger partial charge in [-0.1, -0.05) is 41.4 Å². The van der Waals surface area contributed by atoms with Crippen molar-refractivity contribution in [2.24, 2.45) is 12.1 Å². The smallest absolute Gasteiger partial charge is 0.247 e. The van der Waals surface area contributed by atoms with E-state index in [2.05, 4.69) is 15.5 Å². The van der Waals surface area contributed by atoms with Crippen LogP contribution in [0.3, 0.4) is 0 Å². The number of hydrogen-bond acceptors (Lipinski definition) is 3. The minimum Gasteiger partial charge on any atom is -0.331 e. The molecule has 3 aromatic rings. The second-order valence-corrected chi connectivity index (χ2v) is 6.06. The molecule has 0 aliphatic carbocycles. The van der Waals surface area contributed by atoms with Crippen LogP contribution in [0.4, 0.5) is 0 Å². The Morgan fingerprint density at radius 3 is 2.83 bits per heavy atom. The summed E-state index contributed by atoms with van der Waals surface area (Å²) >= 11 is 11.9.